The van der Waals surface area contributed by atoms with Crippen molar-refractivity contribution in [2.75, 3.05) is 5.75 Å². The quantitative estimate of drug-likeness (QED) is 0.777. The van der Waals surface area contributed by atoms with Gasteiger partial charge in [0, 0.05) is 5.41 Å². The zero-order chi connectivity index (χ0) is 14.6. The summed E-state index contributed by atoms with van der Waals surface area (Å²) in [5.74, 6) is 0.292. The van der Waals surface area contributed by atoms with Crippen molar-refractivity contribution in [3.63, 3.8) is 0 Å². The van der Waals surface area contributed by atoms with E-state index in [1.54, 1.807) is 0 Å². The number of hydrogen-bond acceptors (Lipinski definition) is 3. The zero-order valence-corrected chi connectivity index (χ0v) is 13.2. The van der Waals surface area contributed by atoms with Crippen molar-refractivity contribution in [3.05, 3.63) is 0 Å². The van der Waals surface area contributed by atoms with E-state index in [1.807, 2.05) is 41.5 Å². The molecule has 0 aromatic carbocycles. The van der Waals surface area contributed by atoms with Gasteiger partial charge in [0.15, 0.2) is 5.78 Å². The summed E-state index contributed by atoms with van der Waals surface area (Å²) in [6.45, 7) is 11.2. The van der Waals surface area contributed by atoms with Crippen LogP contribution in [0.25, 0.3) is 0 Å². The van der Waals surface area contributed by atoms with Crippen LogP contribution >= 0.6 is 0 Å². The summed E-state index contributed by atoms with van der Waals surface area (Å²) in [5.41, 5.74) is -0.533. The fourth-order valence-corrected chi connectivity index (χ4v) is 3.04. The molecule has 4 nitrogen and oxygen atoms in total. The number of sulfonamides is 1. The minimum Gasteiger partial charge on any atom is -0.297 e. The molecule has 0 bridgehead atoms. The van der Waals surface area contributed by atoms with Crippen molar-refractivity contribution < 1.29 is 13.2 Å². The fourth-order valence-electron chi connectivity index (χ4n) is 1.75. The van der Waals surface area contributed by atoms with Crippen molar-refractivity contribution in [2.45, 2.75) is 60.4 Å². The van der Waals surface area contributed by atoms with Gasteiger partial charge in [0.1, 0.15) is 0 Å². The molecule has 1 atom stereocenters. The molecular formula is C13H27NO3S. The molecule has 0 spiro atoms. The molecule has 0 saturated heterocycles. The van der Waals surface area contributed by atoms with Gasteiger partial charge in [-0.25, -0.2) is 13.1 Å². The van der Waals surface area contributed by atoms with Crippen LogP contribution in [0.4, 0.5) is 0 Å². The van der Waals surface area contributed by atoms with Crippen LogP contribution in [0.1, 0.15) is 54.4 Å². The monoisotopic (exact) mass is 277 g/mol. The van der Waals surface area contributed by atoms with Crippen LogP contribution in [0.15, 0.2) is 0 Å². The van der Waals surface area contributed by atoms with E-state index in [2.05, 4.69) is 4.72 Å². The van der Waals surface area contributed by atoms with E-state index in [9.17, 15) is 13.2 Å². The summed E-state index contributed by atoms with van der Waals surface area (Å²) in [5, 5.41) is 0. The zero-order valence-electron chi connectivity index (χ0n) is 12.4. The van der Waals surface area contributed by atoms with Gasteiger partial charge < -0.3 is 0 Å². The Kier molecular flexibility index (Phi) is 6.51. The standard InChI is InChI=1S/C13H27NO3S/c1-7-8-18(16,17)14-11(9-10(2)3)12(15)13(4,5)6/h10-11,14H,7-9H2,1-6H3/t11-/m1/s1. The molecule has 0 rings (SSSR count). The van der Waals surface area contributed by atoms with Gasteiger partial charge >= 0.3 is 0 Å². The lowest BCUT2D eigenvalue weighted by Gasteiger charge is -2.26. The molecule has 0 amide bonds. The maximum atomic E-state index is 12.3. The van der Waals surface area contributed by atoms with Gasteiger partial charge in [0.2, 0.25) is 10.0 Å². The maximum Gasteiger partial charge on any atom is 0.212 e. The highest BCUT2D eigenvalue weighted by Crippen LogP contribution is 2.20. The Balaban J connectivity index is 4.97. The molecule has 0 aliphatic carbocycles. The lowest BCUT2D eigenvalue weighted by atomic mass is 9.84. The number of rotatable bonds is 7. The number of carbonyl (C=O) groups is 1. The van der Waals surface area contributed by atoms with Crippen molar-refractivity contribution in [1.29, 1.82) is 0 Å². The van der Waals surface area contributed by atoms with Crippen molar-refractivity contribution in [1.82, 2.24) is 4.72 Å². The van der Waals surface area contributed by atoms with E-state index in [4.69, 9.17) is 0 Å². The molecule has 0 aliphatic rings. The number of Topliss-reactive ketones (excluding diaryl/α,β-unsaturated/α-hetero) is 1. The summed E-state index contributed by atoms with van der Waals surface area (Å²) >= 11 is 0. The summed E-state index contributed by atoms with van der Waals surface area (Å²) in [7, 11) is -3.35. The van der Waals surface area contributed by atoms with Crippen molar-refractivity contribution in [2.24, 2.45) is 11.3 Å². The van der Waals surface area contributed by atoms with Gasteiger partial charge in [-0.05, 0) is 18.8 Å². The van der Waals surface area contributed by atoms with Crippen LogP contribution in [-0.2, 0) is 14.8 Å². The number of ketones is 1. The van der Waals surface area contributed by atoms with Gasteiger partial charge in [0.25, 0.3) is 0 Å². The molecule has 108 valence electrons. The molecule has 0 fully saturated rings. The number of carbonyl (C=O) groups excluding carboxylic acids is 1. The molecule has 0 aliphatic heterocycles. The average Bonchev–Trinajstić information content (AvgIpc) is 2.12. The first-order valence-electron chi connectivity index (χ1n) is 6.54. The SMILES string of the molecule is CCCS(=O)(=O)N[C@H](CC(C)C)C(=O)C(C)(C)C. The second kappa shape index (κ2) is 6.66. The molecule has 18 heavy (non-hydrogen) atoms. The summed E-state index contributed by atoms with van der Waals surface area (Å²) in [4.78, 5) is 12.3. The lowest BCUT2D eigenvalue weighted by molar-refractivity contribution is -0.128. The molecule has 0 unspecified atom stereocenters. The van der Waals surface area contributed by atoms with E-state index in [0.717, 1.165) is 0 Å². The van der Waals surface area contributed by atoms with Crippen LogP contribution in [0, 0.1) is 11.3 Å². The van der Waals surface area contributed by atoms with Crippen molar-refractivity contribution in [3.8, 4) is 0 Å². The summed E-state index contributed by atoms with van der Waals surface area (Å²) in [6, 6.07) is -0.610. The fraction of sp³-hybridized carbons (Fsp3) is 0.923. The first kappa shape index (κ1) is 17.6. The number of nitrogens with one attached hydrogen (secondary N) is 1. The molecule has 0 saturated carbocycles. The maximum absolute atomic E-state index is 12.3. The third-order valence-corrected chi connectivity index (χ3v) is 4.15. The highest BCUT2D eigenvalue weighted by atomic mass is 32.2. The minimum atomic E-state index is -3.35. The molecule has 0 heterocycles. The Hall–Kier alpha value is -0.420. The third kappa shape index (κ3) is 6.50. The first-order valence-corrected chi connectivity index (χ1v) is 8.19. The topological polar surface area (TPSA) is 63.2 Å². The van der Waals surface area contributed by atoms with Crippen LogP contribution < -0.4 is 4.72 Å². The highest BCUT2D eigenvalue weighted by Gasteiger charge is 2.32. The van der Waals surface area contributed by atoms with Gasteiger partial charge in [-0.3, -0.25) is 4.79 Å². The van der Waals surface area contributed by atoms with Crippen LogP contribution in [-0.4, -0.2) is 26.0 Å². The Labute approximate surface area is 112 Å². The number of hydrogen-bond donors (Lipinski definition) is 1. The van der Waals surface area contributed by atoms with Gasteiger partial charge in [-0.1, -0.05) is 41.5 Å². The van der Waals surface area contributed by atoms with Crippen LogP contribution in [0.2, 0.25) is 0 Å². The molecule has 5 heteroatoms. The molecule has 0 radical (unpaired) electrons. The second-order valence-corrected chi connectivity index (χ2v) is 8.11. The van der Waals surface area contributed by atoms with Crippen LogP contribution in [0.5, 0.6) is 0 Å². The predicted molar refractivity (Wildman–Crippen MR) is 74.9 cm³/mol. The molecule has 0 aromatic heterocycles. The van der Waals surface area contributed by atoms with E-state index < -0.39 is 21.5 Å². The van der Waals surface area contributed by atoms with E-state index in [1.165, 1.54) is 0 Å². The van der Waals surface area contributed by atoms with Gasteiger partial charge in [-0.2, -0.15) is 0 Å². The Morgan fingerprint density at radius 2 is 1.72 bits per heavy atom. The predicted octanol–water partition coefficient (Wildman–Crippen LogP) is 2.35. The molecule has 0 aromatic rings. The van der Waals surface area contributed by atoms with E-state index in [-0.39, 0.29) is 17.5 Å². The largest absolute Gasteiger partial charge is 0.297 e. The van der Waals surface area contributed by atoms with E-state index >= 15 is 0 Å². The molecular weight excluding hydrogens is 250 g/mol. The first-order chi connectivity index (χ1) is 7.99. The lowest BCUT2D eigenvalue weighted by Crippen LogP contribution is -2.46. The third-order valence-electron chi connectivity index (χ3n) is 2.56. The highest BCUT2D eigenvalue weighted by molar-refractivity contribution is 7.89. The van der Waals surface area contributed by atoms with Crippen LogP contribution in [0.3, 0.4) is 0 Å². The normalized spacial score (nSPS) is 14.8. The second-order valence-electron chi connectivity index (χ2n) is 6.23. The van der Waals surface area contributed by atoms with Gasteiger partial charge in [0.05, 0.1) is 11.8 Å². The van der Waals surface area contributed by atoms with E-state index in [0.29, 0.717) is 12.8 Å². The minimum absolute atomic E-state index is 0.0455. The summed E-state index contributed by atoms with van der Waals surface area (Å²) < 4.78 is 26.1. The smallest absolute Gasteiger partial charge is 0.212 e. The average molecular weight is 277 g/mol. The Morgan fingerprint density at radius 1 is 1.22 bits per heavy atom. The Morgan fingerprint density at radius 3 is 2.06 bits per heavy atom. The summed E-state index contributed by atoms with van der Waals surface area (Å²) in [6.07, 6.45) is 1.09. The van der Waals surface area contributed by atoms with Gasteiger partial charge in [-0.15, -0.1) is 0 Å². The van der Waals surface area contributed by atoms with Crippen molar-refractivity contribution >= 4 is 15.8 Å². The molecule has 1 N–H and O–H groups in total. The Bertz CT molecular complexity index is 366.